The predicted octanol–water partition coefficient (Wildman–Crippen LogP) is -0.615. The van der Waals surface area contributed by atoms with Gasteiger partial charge in [-0.15, -0.1) is 0 Å². The van der Waals surface area contributed by atoms with Crippen molar-refractivity contribution >= 4 is 12.0 Å². The molecule has 0 heterocycles. The van der Waals surface area contributed by atoms with Gasteiger partial charge >= 0.3 is 12.0 Å². The molecule has 0 aromatic rings. The summed E-state index contributed by atoms with van der Waals surface area (Å²) >= 11 is 0. The molecule has 0 aromatic heterocycles. The van der Waals surface area contributed by atoms with Crippen molar-refractivity contribution in [2.75, 3.05) is 6.54 Å². The van der Waals surface area contributed by atoms with Crippen molar-refractivity contribution in [2.24, 2.45) is 0 Å². The van der Waals surface area contributed by atoms with Gasteiger partial charge in [0.1, 0.15) is 0 Å². The van der Waals surface area contributed by atoms with Gasteiger partial charge in [0.2, 0.25) is 0 Å². The quantitative estimate of drug-likeness (QED) is 0.502. The first-order valence-corrected chi connectivity index (χ1v) is 4.08. The first-order chi connectivity index (χ1) is 6.84. The molecule has 0 spiro atoms. The third kappa shape index (κ3) is 5.78. The van der Waals surface area contributed by atoms with Crippen LogP contribution in [0.25, 0.3) is 0 Å². The molecule has 0 aliphatic carbocycles. The van der Waals surface area contributed by atoms with Gasteiger partial charge in [-0.3, -0.25) is 0 Å². The highest BCUT2D eigenvalue weighted by Crippen LogP contribution is 1.93. The third-order valence-corrected chi connectivity index (χ3v) is 1.45. The smallest absolute Gasteiger partial charge is 0.328 e. The number of halogens is 2. The van der Waals surface area contributed by atoms with Crippen LogP contribution in [0.2, 0.25) is 0 Å². The molecule has 0 saturated carbocycles. The van der Waals surface area contributed by atoms with Crippen LogP contribution in [0.4, 0.5) is 13.6 Å². The summed E-state index contributed by atoms with van der Waals surface area (Å²) in [4.78, 5) is 21.3. The van der Waals surface area contributed by atoms with E-state index in [4.69, 9.17) is 10.2 Å². The highest BCUT2D eigenvalue weighted by Gasteiger charge is 2.24. The Kier molecular flexibility index (Phi) is 5.53. The van der Waals surface area contributed by atoms with Gasteiger partial charge in [0, 0.05) is 0 Å². The summed E-state index contributed by atoms with van der Waals surface area (Å²) in [6.07, 6.45) is -4.04. The SMILES string of the molecule is C[C@@H](O)[C@H](NC(=O)NCC(F)F)C(=O)O. The van der Waals surface area contributed by atoms with Gasteiger partial charge in [0.05, 0.1) is 12.6 Å². The van der Waals surface area contributed by atoms with E-state index >= 15 is 0 Å². The van der Waals surface area contributed by atoms with Gasteiger partial charge in [-0.1, -0.05) is 0 Å². The fourth-order valence-corrected chi connectivity index (χ4v) is 0.751. The van der Waals surface area contributed by atoms with Crippen LogP contribution in [0, 0.1) is 0 Å². The third-order valence-electron chi connectivity index (χ3n) is 1.45. The molecule has 2 atom stereocenters. The summed E-state index contributed by atoms with van der Waals surface area (Å²) in [5.41, 5.74) is 0. The fourth-order valence-electron chi connectivity index (χ4n) is 0.751. The first kappa shape index (κ1) is 13.6. The molecule has 0 unspecified atom stereocenters. The Morgan fingerprint density at radius 3 is 2.27 bits per heavy atom. The summed E-state index contributed by atoms with van der Waals surface area (Å²) < 4.78 is 23.3. The summed E-state index contributed by atoms with van der Waals surface area (Å²) in [6, 6.07) is -2.59. The van der Waals surface area contributed by atoms with Crippen LogP contribution in [0.5, 0.6) is 0 Å². The summed E-state index contributed by atoms with van der Waals surface area (Å²) in [5, 5.41) is 21.0. The molecule has 6 nitrogen and oxygen atoms in total. The molecule has 0 bridgehead atoms. The summed E-state index contributed by atoms with van der Waals surface area (Å²) in [6.45, 7) is 0.282. The molecular formula is C7H12F2N2O4. The minimum Gasteiger partial charge on any atom is -0.480 e. The Hall–Kier alpha value is -1.44. The normalized spacial score (nSPS) is 14.5. The van der Waals surface area contributed by atoms with E-state index < -0.39 is 37.1 Å². The highest BCUT2D eigenvalue weighted by molar-refractivity contribution is 5.82. The average Bonchev–Trinajstić information content (AvgIpc) is 2.09. The lowest BCUT2D eigenvalue weighted by Crippen LogP contribution is -2.51. The second-order valence-corrected chi connectivity index (χ2v) is 2.80. The Bertz CT molecular complexity index is 235. The van der Waals surface area contributed by atoms with Crippen molar-refractivity contribution in [3.05, 3.63) is 0 Å². The zero-order valence-corrected chi connectivity index (χ0v) is 7.91. The fraction of sp³-hybridized carbons (Fsp3) is 0.714. The zero-order valence-electron chi connectivity index (χ0n) is 7.91. The molecule has 88 valence electrons. The Morgan fingerprint density at radius 1 is 1.40 bits per heavy atom. The number of hydrogen-bond donors (Lipinski definition) is 4. The molecule has 2 amide bonds. The molecule has 0 fully saturated rings. The number of hydrogen-bond acceptors (Lipinski definition) is 3. The lowest BCUT2D eigenvalue weighted by atomic mass is 10.2. The van der Waals surface area contributed by atoms with Crippen molar-refractivity contribution in [2.45, 2.75) is 25.5 Å². The number of amides is 2. The van der Waals surface area contributed by atoms with Crippen LogP contribution in [0.15, 0.2) is 0 Å². The van der Waals surface area contributed by atoms with Gasteiger partial charge < -0.3 is 20.8 Å². The minimum absolute atomic E-state index is 0.877. The largest absolute Gasteiger partial charge is 0.480 e. The second kappa shape index (κ2) is 6.12. The number of alkyl halides is 2. The van der Waals surface area contributed by atoms with Crippen LogP contribution in [0.3, 0.4) is 0 Å². The Balaban J connectivity index is 4.07. The number of aliphatic hydroxyl groups excluding tert-OH is 1. The van der Waals surface area contributed by atoms with Crippen LogP contribution >= 0.6 is 0 Å². The zero-order chi connectivity index (χ0) is 12.0. The number of carbonyl (C=O) groups is 2. The molecule has 0 aliphatic heterocycles. The minimum atomic E-state index is -2.72. The number of rotatable bonds is 5. The molecule has 0 aliphatic rings. The maximum atomic E-state index is 11.6. The Labute approximate surface area is 84.3 Å². The average molecular weight is 226 g/mol. The molecule has 4 N–H and O–H groups in total. The molecule has 0 rings (SSSR count). The summed E-state index contributed by atoms with van der Waals surface area (Å²) in [5.74, 6) is -1.45. The van der Waals surface area contributed by atoms with Crippen LogP contribution in [-0.4, -0.2) is 47.3 Å². The van der Waals surface area contributed by atoms with Crippen molar-refractivity contribution in [3.8, 4) is 0 Å². The molecule has 15 heavy (non-hydrogen) atoms. The molecular weight excluding hydrogens is 214 g/mol. The van der Waals surface area contributed by atoms with E-state index in [0.29, 0.717) is 0 Å². The van der Waals surface area contributed by atoms with Gasteiger partial charge in [-0.05, 0) is 6.92 Å². The van der Waals surface area contributed by atoms with Crippen molar-refractivity contribution in [3.63, 3.8) is 0 Å². The van der Waals surface area contributed by atoms with Gasteiger partial charge in [0.25, 0.3) is 6.43 Å². The lowest BCUT2D eigenvalue weighted by molar-refractivity contribution is -0.141. The number of carboxylic acid groups (broad SMARTS) is 1. The number of urea groups is 1. The molecule has 0 radical (unpaired) electrons. The van der Waals surface area contributed by atoms with Gasteiger partial charge in [-0.2, -0.15) is 0 Å². The Morgan fingerprint density at radius 2 is 1.93 bits per heavy atom. The van der Waals surface area contributed by atoms with Gasteiger partial charge in [0.15, 0.2) is 6.04 Å². The van der Waals surface area contributed by atoms with E-state index in [-0.39, 0.29) is 0 Å². The lowest BCUT2D eigenvalue weighted by Gasteiger charge is -2.17. The number of carbonyl (C=O) groups excluding carboxylic acids is 1. The summed E-state index contributed by atoms with van der Waals surface area (Å²) in [7, 11) is 0. The predicted molar refractivity (Wildman–Crippen MR) is 45.6 cm³/mol. The maximum absolute atomic E-state index is 11.6. The first-order valence-electron chi connectivity index (χ1n) is 4.08. The van der Waals surface area contributed by atoms with E-state index in [0.717, 1.165) is 6.92 Å². The molecule has 0 aromatic carbocycles. The van der Waals surface area contributed by atoms with Crippen molar-refractivity contribution in [1.82, 2.24) is 10.6 Å². The van der Waals surface area contributed by atoms with E-state index in [1.807, 2.05) is 5.32 Å². The van der Waals surface area contributed by atoms with E-state index in [2.05, 4.69) is 0 Å². The van der Waals surface area contributed by atoms with Gasteiger partial charge in [-0.25, -0.2) is 18.4 Å². The molecule has 8 heteroatoms. The van der Waals surface area contributed by atoms with Crippen molar-refractivity contribution in [1.29, 1.82) is 0 Å². The highest BCUT2D eigenvalue weighted by atomic mass is 19.3. The van der Waals surface area contributed by atoms with Crippen LogP contribution < -0.4 is 10.6 Å². The number of nitrogens with one attached hydrogen (secondary N) is 2. The van der Waals surface area contributed by atoms with Crippen LogP contribution in [-0.2, 0) is 4.79 Å². The van der Waals surface area contributed by atoms with Crippen molar-refractivity contribution < 1.29 is 28.6 Å². The van der Waals surface area contributed by atoms with Crippen LogP contribution in [0.1, 0.15) is 6.92 Å². The number of aliphatic carboxylic acids is 1. The van der Waals surface area contributed by atoms with E-state index in [9.17, 15) is 18.4 Å². The number of carboxylic acids is 1. The monoisotopic (exact) mass is 226 g/mol. The number of aliphatic hydroxyl groups is 1. The maximum Gasteiger partial charge on any atom is 0.328 e. The standard InChI is InChI=1S/C7H12F2N2O4/c1-3(12)5(6(13)14)11-7(15)10-2-4(8)9/h3-5,12H,2H2,1H3,(H,13,14)(H2,10,11,15)/t3-,5+/m1/s1. The van der Waals surface area contributed by atoms with E-state index in [1.54, 1.807) is 5.32 Å². The van der Waals surface area contributed by atoms with E-state index in [1.165, 1.54) is 0 Å². The second-order valence-electron chi connectivity index (χ2n) is 2.80. The molecule has 0 saturated heterocycles. The topological polar surface area (TPSA) is 98.7 Å².